The second-order valence-electron chi connectivity index (χ2n) is 15.0. The Morgan fingerprint density at radius 2 is 1.86 bits per heavy atom. The number of fused-ring (bicyclic) bond motifs is 5. The molecule has 0 amide bonds. The summed E-state index contributed by atoms with van der Waals surface area (Å²) in [6.45, 7) is 13.2. The van der Waals surface area contributed by atoms with Gasteiger partial charge in [-0.05, 0) is 104 Å². The smallest absolute Gasteiger partial charge is 0.0880 e. The fraction of sp³-hybridized carbons (Fsp3) is 0.909. The predicted molar refractivity (Wildman–Crippen MR) is 154 cm³/mol. The molecular weight excluding hydrogens is 456 g/mol. The van der Waals surface area contributed by atoms with E-state index >= 15 is 0 Å². The van der Waals surface area contributed by atoms with Gasteiger partial charge in [0.25, 0.3) is 0 Å². The highest BCUT2D eigenvalue weighted by Crippen LogP contribution is 2.69. The van der Waals surface area contributed by atoms with E-state index in [0.29, 0.717) is 23.7 Å². The first-order chi connectivity index (χ1) is 17.6. The predicted octanol–water partition coefficient (Wildman–Crippen LogP) is 6.90. The molecule has 0 spiro atoms. The Kier molecular flexibility index (Phi) is 8.05. The van der Waals surface area contributed by atoms with Crippen LogP contribution in [0.15, 0.2) is 16.8 Å². The van der Waals surface area contributed by atoms with Gasteiger partial charge < -0.3 is 15.5 Å². The van der Waals surface area contributed by atoms with Crippen LogP contribution in [0.4, 0.5) is 0 Å². The minimum Gasteiger partial charge on any atom is -0.393 e. The Morgan fingerprint density at radius 1 is 1.05 bits per heavy atom. The van der Waals surface area contributed by atoms with E-state index in [1.54, 1.807) is 0 Å². The first-order valence-electron chi connectivity index (χ1n) is 15.9. The average Bonchev–Trinajstić information content (AvgIpc) is 3.48. The van der Waals surface area contributed by atoms with Crippen molar-refractivity contribution in [2.45, 2.75) is 136 Å². The summed E-state index contributed by atoms with van der Waals surface area (Å²) in [7, 11) is 0. The third-order valence-electron chi connectivity index (χ3n) is 12.6. The fourth-order valence-electron chi connectivity index (χ4n) is 10.5. The lowest BCUT2D eigenvalue weighted by Crippen LogP contribution is -2.71. The fourth-order valence-corrected chi connectivity index (χ4v) is 10.5. The molecule has 4 nitrogen and oxygen atoms in total. The third kappa shape index (κ3) is 4.91. The van der Waals surface area contributed by atoms with Crippen molar-refractivity contribution >= 4 is 6.21 Å². The Labute approximate surface area is 227 Å². The van der Waals surface area contributed by atoms with Crippen LogP contribution in [0.2, 0.25) is 0 Å². The summed E-state index contributed by atoms with van der Waals surface area (Å²) in [5, 5.41) is 27.0. The molecule has 5 aliphatic rings. The summed E-state index contributed by atoms with van der Waals surface area (Å²) in [6.07, 6.45) is 18.5. The lowest BCUT2D eigenvalue weighted by atomic mass is 9.42. The topological polar surface area (TPSA) is 64.9 Å². The van der Waals surface area contributed by atoms with Crippen molar-refractivity contribution in [2.24, 2.45) is 51.3 Å². The minimum atomic E-state index is -0.817. The van der Waals surface area contributed by atoms with E-state index in [1.807, 2.05) is 12.4 Å². The summed E-state index contributed by atoms with van der Waals surface area (Å²) in [6, 6.07) is 0.0708. The van der Waals surface area contributed by atoms with Gasteiger partial charge >= 0.3 is 0 Å². The van der Waals surface area contributed by atoms with Crippen LogP contribution in [0.1, 0.15) is 118 Å². The van der Waals surface area contributed by atoms with Crippen LogP contribution in [0, 0.1) is 46.3 Å². The summed E-state index contributed by atoms with van der Waals surface area (Å²) in [5.41, 5.74) is 0.914. The van der Waals surface area contributed by atoms with Gasteiger partial charge in [-0.25, -0.2) is 0 Å². The van der Waals surface area contributed by atoms with Gasteiger partial charge in [0.2, 0.25) is 0 Å². The molecule has 0 aromatic heterocycles. The van der Waals surface area contributed by atoms with E-state index in [-0.39, 0.29) is 17.6 Å². The van der Waals surface area contributed by atoms with Gasteiger partial charge in [-0.15, -0.1) is 0 Å². The highest BCUT2D eigenvalue weighted by Gasteiger charge is 2.67. The van der Waals surface area contributed by atoms with Crippen molar-refractivity contribution in [1.82, 2.24) is 5.32 Å². The molecule has 0 aromatic carbocycles. The standard InChI is InChI=1S/C33H56N2O2/c1-22(2)7-6-8-23(3)27-9-10-28-26-19-30(35-18-14-24-13-17-34-21-24)33(37)20-25(36)11-16-32(33,5)29(26)12-15-31(27,28)4/h17,21-23,25-30,35-37H,6-16,18-20H2,1-5H3/t23?,25-,26?,27+,28?,29?,30+,31+,32+,33-/m0/s1. The van der Waals surface area contributed by atoms with Crippen LogP contribution in [-0.4, -0.2) is 40.7 Å². The number of aliphatic hydroxyl groups excluding tert-OH is 1. The molecule has 1 aliphatic heterocycles. The summed E-state index contributed by atoms with van der Waals surface area (Å²) in [5.74, 6) is 4.55. The molecule has 0 radical (unpaired) electrons. The molecule has 10 atom stereocenters. The quantitative estimate of drug-likeness (QED) is 0.315. The normalized spacial score (nSPS) is 45.9. The molecule has 1 heterocycles. The van der Waals surface area contributed by atoms with E-state index in [2.05, 4.69) is 44.9 Å². The van der Waals surface area contributed by atoms with E-state index in [9.17, 15) is 10.2 Å². The van der Waals surface area contributed by atoms with Gasteiger partial charge in [0.05, 0.1) is 11.7 Å². The molecule has 4 fully saturated rings. The first kappa shape index (κ1) is 27.8. The van der Waals surface area contributed by atoms with Crippen LogP contribution >= 0.6 is 0 Å². The van der Waals surface area contributed by atoms with Crippen LogP contribution in [0.25, 0.3) is 0 Å². The van der Waals surface area contributed by atoms with E-state index < -0.39 is 5.60 Å². The molecule has 210 valence electrons. The SMILES string of the molecule is CC(C)CCCC(C)[C@H]1CCC2C3C[C@@H](NCCC4=CN=CC4)[C@@]4(O)C[C@@H](O)CC[C@]4(C)C3CC[C@@]21C. The second-order valence-corrected chi connectivity index (χ2v) is 15.0. The van der Waals surface area contributed by atoms with Crippen LogP contribution < -0.4 is 5.32 Å². The maximum absolute atomic E-state index is 12.4. The Balaban J connectivity index is 1.35. The Bertz CT molecular complexity index is 868. The number of hydrogen-bond acceptors (Lipinski definition) is 4. The van der Waals surface area contributed by atoms with E-state index in [1.165, 1.54) is 50.5 Å². The number of nitrogens with zero attached hydrogens (tertiary/aromatic N) is 1. The molecule has 4 aliphatic carbocycles. The van der Waals surface area contributed by atoms with Gasteiger partial charge in [0.1, 0.15) is 0 Å². The lowest BCUT2D eigenvalue weighted by molar-refractivity contribution is -0.234. The van der Waals surface area contributed by atoms with Crippen LogP contribution in [0.5, 0.6) is 0 Å². The molecule has 5 rings (SSSR count). The number of aliphatic imine (C=N–C) groups is 1. The van der Waals surface area contributed by atoms with Gasteiger partial charge in [-0.3, -0.25) is 4.99 Å². The molecule has 37 heavy (non-hydrogen) atoms. The summed E-state index contributed by atoms with van der Waals surface area (Å²) in [4.78, 5) is 4.28. The van der Waals surface area contributed by atoms with Gasteiger partial charge in [0, 0.05) is 36.7 Å². The Morgan fingerprint density at radius 3 is 2.59 bits per heavy atom. The maximum atomic E-state index is 12.4. The van der Waals surface area contributed by atoms with Crippen LogP contribution in [-0.2, 0) is 0 Å². The maximum Gasteiger partial charge on any atom is 0.0880 e. The zero-order chi connectivity index (χ0) is 26.4. The van der Waals surface area contributed by atoms with Crippen molar-refractivity contribution in [1.29, 1.82) is 0 Å². The molecule has 4 heteroatoms. The number of aliphatic hydroxyl groups is 2. The second kappa shape index (κ2) is 10.7. The van der Waals surface area contributed by atoms with Crippen molar-refractivity contribution in [3.8, 4) is 0 Å². The highest BCUT2D eigenvalue weighted by atomic mass is 16.3. The largest absolute Gasteiger partial charge is 0.393 e. The summed E-state index contributed by atoms with van der Waals surface area (Å²) >= 11 is 0. The van der Waals surface area contributed by atoms with Crippen molar-refractivity contribution in [3.05, 3.63) is 11.8 Å². The third-order valence-corrected chi connectivity index (χ3v) is 12.6. The zero-order valence-electron chi connectivity index (χ0n) is 24.5. The van der Waals surface area contributed by atoms with E-state index in [4.69, 9.17) is 0 Å². The average molecular weight is 513 g/mol. The highest BCUT2D eigenvalue weighted by molar-refractivity contribution is 5.65. The van der Waals surface area contributed by atoms with Gasteiger partial charge in [-0.2, -0.15) is 0 Å². The number of hydrogen-bond donors (Lipinski definition) is 3. The molecule has 0 saturated heterocycles. The van der Waals surface area contributed by atoms with Crippen molar-refractivity contribution in [2.75, 3.05) is 6.54 Å². The van der Waals surface area contributed by atoms with Crippen LogP contribution in [0.3, 0.4) is 0 Å². The lowest BCUT2D eigenvalue weighted by Gasteiger charge is -2.66. The molecule has 3 N–H and O–H groups in total. The number of nitrogens with one attached hydrogen (secondary N) is 1. The number of rotatable bonds is 9. The van der Waals surface area contributed by atoms with Crippen molar-refractivity contribution in [3.63, 3.8) is 0 Å². The molecule has 0 bridgehead atoms. The van der Waals surface area contributed by atoms with Crippen molar-refractivity contribution < 1.29 is 10.2 Å². The molecular formula is C33H56N2O2. The first-order valence-corrected chi connectivity index (χ1v) is 15.9. The Hall–Kier alpha value is -0.710. The molecule has 4 unspecified atom stereocenters. The van der Waals surface area contributed by atoms with Gasteiger partial charge in [0.15, 0.2) is 0 Å². The van der Waals surface area contributed by atoms with Gasteiger partial charge in [-0.1, -0.05) is 53.9 Å². The molecule has 4 saturated carbocycles. The summed E-state index contributed by atoms with van der Waals surface area (Å²) < 4.78 is 0. The van der Waals surface area contributed by atoms with E-state index in [0.717, 1.165) is 62.3 Å². The zero-order valence-corrected chi connectivity index (χ0v) is 24.5. The monoisotopic (exact) mass is 512 g/mol. The molecule has 0 aromatic rings. The minimum absolute atomic E-state index is 0.0708.